The summed E-state index contributed by atoms with van der Waals surface area (Å²) in [5.74, 6) is 1.11. The van der Waals surface area contributed by atoms with E-state index in [2.05, 4.69) is 4.98 Å². The van der Waals surface area contributed by atoms with Gasteiger partial charge in [-0.3, -0.25) is 9.69 Å². The molecule has 0 unspecified atom stereocenters. The lowest BCUT2D eigenvalue weighted by Gasteiger charge is -2.21. The summed E-state index contributed by atoms with van der Waals surface area (Å²) in [6.45, 7) is 3.46. The average Bonchev–Trinajstić information content (AvgIpc) is 3.06. The van der Waals surface area contributed by atoms with Crippen molar-refractivity contribution in [2.24, 2.45) is 0 Å². The van der Waals surface area contributed by atoms with Crippen molar-refractivity contribution in [1.29, 1.82) is 0 Å². The molecular formula is C19H17ClN2O3S. The SMILES string of the molecule is CCN(C(=O)Cc1cc(Cl)c2c(c1)OCCO2)c1nc2ccccc2s1. The van der Waals surface area contributed by atoms with Gasteiger partial charge in [0.25, 0.3) is 0 Å². The number of hydrogen-bond acceptors (Lipinski definition) is 5. The smallest absolute Gasteiger partial charge is 0.233 e. The topological polar surface area (TPSA) is 51.7 Å². The van der Waals surface area contributed by atoms with Gasteiger partial charge in [-0.25, -0.2) is 4.98 Å². The predicted molar refractivity (Wildman–Crippen MR) is 104 cm³/mol. The van der Waals surface area contributed by atoms with Crippen LogP contribution in [0.5, 0.6) is 11.5 Å². The van der Waals surface area contributed by atoms with E-state index in [1.165, 1.54) is 11.3 Å². The summed E-state index contributed by atoms with van der Waals surface area (Å²) in [7, 11) is 0. The number of ether oxygens (including phenoxy) is 2. The molecule has 1 aliphatic heterocycles. The third kappa shape index (κ3) is 3.22. The Balaban J connectivity index is 1.59. The van der Waals surface area contributed by atoms with E-state index in [0.29, 0.717) is 41.4 Å². The molecule has 0 N–H and O–H groups in total. The van der Waals surface area contributed by atoms with Crippen LogP contribution in [0.4, 0.5) is 5.13 Å². The second kappa shape index (κ2) is 7.13. The van der Waals surface area contributed by atoms with Gasteiger partial charge in [-0.1, -0.05) is 35.1 Å². The number of carbonyl (C=O) groups excluding carboxylic acids is 1. The molecule has 3 aromatic rings. The average molecular weight is 389 g/mol. The van der Waals surface area contributed by atoms with E-state index in [9.17, 15) is 4.79 Å². The minimum Gasteiger partial charge on any atom is -0.486 e. The van der Waals surface area contributed by atoms with Crippen LogP contribution in [0.15, 0.2) is 36.4 Å². The second-order valence-electron chi connectivity index (χ2n) is 5.88. The molecule has 0 saturated carbocycles. The van der Waals surface area contributed by atoms with Gasteiger partial charge in [0.2, 0.25) is 5.91 Å². The summed E-state index contributed by atoms with van der Waals surface area (Å²) in [4.78, 5) is 19.2. The summed E-state index contributed by atoms with van der Waals surface area (Å²) < 4.78 is 12.2. The largest absolute Gasteiger partial charge is 0.486 e. The molecule has 2 heterocycles. The van der Waals surface area contributed by atoms with E-state index in [0.717, 1.165) is 15.8 Å². The zero-order valence-corrected chi connectivity index (χ0v) is 15.8. The predicted octanol–water partition coefficient (Wildman–Crippen LogP) is 4.32. The van der Waals surface area contributed by atoms with Gasteiger partial charge in [0, 0.05) is 6.54 Å². The van der Waals surface area contributed by atoms with Crippen LogP contribution in [-0.4, -0.2) is 30.6 Å². The Bertz CT molecular complexity index is 940. The fraction of sp³-hybridized carbons (Fsp3) is 0.263. The van der Waals surface area contributed by atoms with E-state index >= 15 is 0 Å². The van der Waals surface area contributed by atoms with Crippen molar-refractivity contribution in [1.82, 2.24) is 4.98 Å². The minimum absolute atomic E-state index is 0.0284. The molecule has 134 valence electrons. The molecule has 1 amide bonds. The number of para-hydroxylation sites is 1. The van der Waals surface area contributed by atoms with Crippen molar-refractivity contribution in [2.45, 2.75) is 13.3 Å². The Kier molecular flexibility index (Phi) is 4.70. The summed E-state index contributed by atoms with van der Waals surface area (Å²) in [6, 6.07) is 11.5. The lowest BCUT2D eigenvalue weighted by molar-refractivity contribution is -0.117. The number of thiazole rings is 1. The summed E-state index contributed by atoms with van der Waals surface area (Å²) >= 11 is 7.79. The molecule has 0 fully saturated rings. The Morgan fingerprint density at radius 2 is 2.08 bits per heavy atom. The Morgan fingerprint density at radius 1 is 1.27 bits per heavy atom. The summed E-state index contributed by atoms with van der Waals surface area (Å²) in [6.07, 6.45) is 0.222. The van der Waals surface area contributed by atoms with Gasteiger partial charge in [0.1, 0.15) is 13.2 Å². The van der Waals surface area contributed by atoms with Crippen LogP contribution in [0.2, 0.25) is 5.02 Å². The first-order valence-corrected chi connectivity index (χ1v) is 9.59. The van der Waals surface area contributed by atoms with Gasteiger partial charge >= 0.3 is 0 Å². The third-order valence-corrected chi connectivity index (χ3v) is 5.48. The maximum atomic E-state index is 12.9. The molecule has 0 radical (unpaired) electrons. The van der Waals surface area contributed by atoms with Gasteiger partial charge < -0.3 is 9.47 Å². The highest BCUT2D eigenvalue weighted by atomic mass is 35.5. The quantitative estimate of drug-likeness (QED) is 0.668. The van der Waals surface area contributed by atoms with Crippen LogP contribution < -0.4 is 14.4 Å². The van der Waals surface area contributed by atoms with Crippen LogP contribution in [0.25, 0.3) is 10.2 Å². The molecule has 2 aromatic carbocycles. The molecule has 0 aliphatic carbocycles. The number of rotatable bonds is 4. The molecule has 7 heteroatoms. The molecule has 4 rings (SSSR count). The number of fused-ring (bicyclic) bond motifs is 2. The van der Waals surface area contributed by atoms with Gasteiger partial charge in [0.15, 0.2) is 16.6 Å². The highest BCUT2D eigenvalue weighted by molar-refractivity contribution is 7.22. The van der Waals surface area contributed by atoms with Crippen molar-refractivity contribution in [2.75, 3.05) is 24.7 Å². The maximum Gasteiger partial charge on any atom is 0.233 e. The fourth-order valence-electron chi connectivity index (χ4n) is 2.93. The van der Waals surface area contributed by atoms with Crippen LogP contribution in [0.3, 0.4) is 0 Å². The number of halogens is 1. The van der Waals surface area contributed by atoms with Gasteiger partial charge in [-0.2, -0.15) is 0 Å². The first-order chi connectivity index (χ1) is 12.7. The number of benzene rings is 2. The minimum atomic E-state index is -0.0284. The lowest BCUT2D eigenvalue weighted by atomic mass is 10.1. The zero-order chi connectivity index (χ0) is 18.1. The van der Waals surface area contributed by atoms with Crippen molar-refractivity contribution in [3.8, 4) is 11.5 Å². The van der Waals surface area contributed by atoms with E-state index in [1.54, 1.807) is 11.0 Å². The third-order valence-electron chi connectivity index (χ3n) is 4.14. The molecule has 0 atom stereocenters. The van der Waals surface area contributed by atoms with Gasteiger partial charge in [-0.15, -0.1) is 0 Å². The number of hydrogen-bond donors (Lipinski definition) is 0. The fourth-order valence-corrected chi connectivity index (χ4v) is 4.26. The molecule has 1 aliphatic rings. The van der Waals surface area contributed by atoms with Crippen molar-refractivity contribution in [3.05, 3.63) is 47.0 Å². The Labute approximate surface area is 160 Å². The van der Waals surface area contributed by atoms with Gasteiger partial charge in [0.05, 0.1) is 21.7 Å². The standard InChI is InChI=1S/C19H17ClN2O3S/c1-2-22(19-21-14-5-3-4-6-16(14)26-19)17(23)11-12-9-13(20)18-15(10-12)24-7-8-25-18/h3-6,9-10H,2,7-8,11H2,1H3. The van der Waals surface area contributed by atoms with Crippen LogP contribution in [0, 0.1) is 0 Å². The lowest BCUT2D eigenvalue weighted by Crippen LogP contribution is -2.31. The van der Waals surface area contributed by atoms with Crippen molar-refractivity contribution < 1.29 is 14.3 Å². The monoisotopic (exact) mass is 388 g/mol. The molecule has 0 bridgehead atoms. The van der Waals surface area contributed by atoms with Crippen LogP contribution in [-0.2, 0) is 11.2 Å². The van der Waals surface area contributed by atoms with Gasteiger partial charge in [-0.05, 0) is 36.8 Å². The van der Waals surface area contributed by atoms with E-state index in [1.807, 2.05) is 37.3 Å². The number of amides is 1. The van der Waals surface area contributed by atoms with Crippen LogP contribution in [0.1, 0.15) is 12.5 Å². The first-order valence-electron chi connectivity index (χ1n) is 8.39. The normalized spacial score (nSPS) is 13.0. The molecule has 0 spiro atoms. The second-order valence-corrected chi connectivity index (χ2v) is 7.30. The van der Waals surface area contributed by atoms with E-state index < -0.39 is 0 Å². The van der Waals surface area contributed by atoms with Crippen LogP contribution >= 0.6 is 22.9 Å². The Morgan fingerprint density at radius 3 is 2.88 bits per heavy atom. The zero-order valence-electron chi connectivity index (χ0n) is 14.2. The molecular weight excluding hydrogens is 372 g/mol. The molecule has 1 aromatic heterocycles. The first kappa shape index (κ1) is 17.1. The van der Waals surface area contributed by atoms with E-state index in [4.69, 9.17) is 21.1 Å². The number of carbonyl (C=O) groups is 1. The maximum absolute atomic E-state index is 12.9. The summed E-state index contributed by atoms with van der Waals surface area (Å²) in [5, 5.41) is 1.18. The number of anilines is 1. The number of aromatic nitrogens is 1. The highest BCUT2D eigenvalue weighted by Gasteiger charge is 2.21. The number of likely N-dealkylation sites (N-methyl/N-ethyl adjacent to an activating group) is 1. The molecule has 0 saturated heterocycles. The van der Waals surface area contributed by atoms with E-state index in [-0.39, 0.29) is 12.3 Å². The molecule has 26 heavy (non-hydrogen) atoms. The van der Waals surface area contributed by atoms with Crippen molar-refractivity contribution >= 4 is 44.2 Å². The van der Waals surface area contributed by atoms with Crippen molar-refractivity contribution in [3.63, 3.8) is 0 Å². The Hall–Kier alpha value is -2.31. The number of nitrogens with zero attached hydrogens (tertiary/aromatic N) is 2. The summed E-state index contributed by atoms with van der Waals surface area (Å²) in [5.41, 5.74) is 1.70. The molecule has 5 nitrogen and oxygen atoms in total. The highest BCUT2D eigenvalue weighted by Crippen LogP contribution is 2.38.